The Kier molecular flexibility index (Phi) is 4.99. The molecule has 2 heterocycles. The molecule has 0 spiro atoms. The molecule has 0 aliphatic rings. The maximum absolute atomic E-state index is 12.7. The quantitative estimate of drug-likeness (QED) is 0.362. The third kappa shape index (κ3) is 3.99. The summed E-state index contributed by atoms with van der Waals surface area (Å²) in [4.78, 5) is 8.54. The highest BCUT2D eigenvalue weighted by atomic mass is 32.2. The van der Waals surface area contributed by atoms with Gasteiger partial charge in [-0.3, -0.25) is 0 Å². The first-order valence-corrected chi connectivity index (χ1v) is 9.36. The van der Waals surface area contributed by atoms with Gasteiger partial charge in [0.1, 0.15) is 11.4 Å². The van der Waals surface area contributed by atoms with E-state index < -0.39 is 11.7 Å². The van der Waals surface area contributed by atoms with Gasteiger partial charge in [-0.2, -0.15) is 13.2 Å². The number of nitrogens with zero attached hydrogens (tertiary/aromatic N) is 5. The molecular weight excluding hydrogens is 387 g/mol. The van der Waals surface area contributed by atoms with Crippen LogP contribution in [0.3, 0.4) is 0 Å². The fourth-order valence-electron chi connectivity index (χ4n) is 2.68. The van der Waals surface area contributed by atoms with E-state index in [1.54, 1.807) is 4.68 Å². The van der Waals surface area contributed by atoms with Crippen molar-refractivity contribution in [1.82, 2.24) is 25.0 Å². The Hall–Kier alpha value is -2.94. The average molecular weight is 401 g/mol. The molecule has 0 saturated heterocycles. The molecule has 2 aromatic carbocycles. The molecule has 4 aromatic rings. The third-order valence-corrected chi connectivity index (χ3v) is 5.15. The Labute approximate surface area is 162 Å². The van der Waals surface area contributed by atoms with Crippen molar-refractivity contribution in [2.24, 2.45) is 0 Å². The molecule has 142 valence electrons. The summed E-state index contributed by atoms with van der Waals surface area (Å²) in [5, 5.41) is 9.01. The summed E-state index contributed by atoms with van der Waals surface area (Å²) in [6.07, 6.45) is -2.88. The number of thioether (sulfide) groups is 1. The van der Waals surface area contributed by atoms with E-state index in [0.29, 0.717) is 28.5 Å². The minimum Gasteiger partial charge on any atom is -0.227 e. The molecule has 0 amide bonds. The zero-order valence-electron chi connectivity index (χ0n) is 14.5. The van der Waals surface area contributed by atoms with Crippen molar-refractivity contribution >= 4 is 22.9 Å². The Morgan fingerprint density at radius 2 is 1.64 bits per heavy atom. The van der Waals surface area contributed by atoms with Gasteiger partial charge in [0.15, 0.2) is 11.2 Å². The van der Waals surface area contributed by atoms with Crippen molar-refractivity contribution in [2.75, 3.05) is 0 Å². The number of fused-ring (bicyclic) bond motifs is 1. The van der Waals surface area contributed by atoms with E-state index in [9.17, 15) is 13.2 Å². The normalized spacial score (nSPS) is 11.8. The lowest BCUT2D eigenvalue weighted by atomic mass is 10.1. The minimum atomic E-state index is -4.33. The highest BCUT2D eigenvalue weighted by Gasteiger charge is 2.29. The second-order valence-electron chi connectivity index (χ2n) is 6.07. The van der Waals surface area contributed by atoms with E-state index in [4.69, 9.17) is 0 Å². The summed E-state index contributed by atoms with van der Waals surface area (Å²) in [6.45, 7) is 0.539. The zero-order chi connectivity index (χ0) is 19.6. The molecule has 0 bridgehead atoms. The molecule has 9 heteroatoms. The SMILES string of the molecule is FC(F)(F)c1ccc(CSc2ncnc3c2nnn3Cc2ccccc2)cc1. The van der Waals surface area contributed by atoms with Gasteiger partial charge in [0.05, 0.1) is 12.1 Å². The fraction of sp³-hybridized carbons (Fsp3) is 0.158. The van der Waals surface area contributed by atoms with Crippen molar-refractivity contribution in [1.29, 1.82) is 0 Å². The topological polar surface area (TPSA) is 56.5 Å². The van der Waals surface area contributed by atoms with Gasteiger partial charge in [0, 0.05) is 5.75 Å². The van der Waals surface area contributed by atoms with Crippen LogP contribution in [-0.2, 0) is 18.5 Å². The first-order chi connectivity index (χ1) is 13.5. The number of hydrogen-bond acceptors (Lipinski definition) is 5. The van der Waals surface area contributed by atoms with Crippen molar-refractivity contribution in [3.8, 4) is 0 Å². The van der Waals surface area contributed by atoms with Gasteiger partial charge in [-0.25, -0.2) is 14.6 Å². The van der Waals surface area contributed by atoms with E-state index in [2.05, 4.69) is 20.3 Å². The summed E-state index contributed by atoms with van der Waals surface area (Å²) in [6, 6.07) is 15.0. The molecule has 0 N–H and O–H groups in total. The summed E-state index contributed by atoms with van der Waals surface area (Å²) in [5.41, 5.74) is 2.38. The zero-order valence-corrected chi connectivity index (χ0v) is 15.3. The Morgan fingerprint density at radius 1 is 0.893 bits per heavy atom. The van der Waals surface area contributed by atoms with Crippen molar-refractivity contribution in [2.45, 2.75) is 23.5 Å². The van der Waals surface area contributed by atoms with Crippen LogP contribution in [0.5, 0.6) is 0 Å². The van der Waals surface area contributed by atoms with E-state index in [-0.39, 0.29) is 0 Å². The van der Waals surface area contributed by atoms with Crippen LogP contribution in [0.1, 0.15) is 16.7 Å². The van der Waals surface area contributed by atoms with Crippen LogP contribution in [0.4, 0.5) is 13.2 Å². The Balaban J connectivity index is 1.52. The second kappa shape index (κ2) is 7.59. The van der Waals surface area contributed by atoms with Gasteiger partial charge in [-0.15, -0.1) is 5.10 Å². The molecule has 0 unspecified atom stereocenters. The maximum atomic E-state index is 12.7. The standard InChI is InChI=1S/C19H14F3N5S/c20-19(21,22)15-8-6-14(7-9-15)11-28-18-16-17(23-12-24-18)27(26-25-16)10-13-4-2-1-3-5-13/h1-9,12H,10-11H2. The van der Waals surface area contributed by atoms with E-state index in [1.807, 2.05) is 30.3 Å². The van der Waals surface area contributed by atoms with Crippen LogP contribution in [0, 0.1) is 0 Å². The predicted molar refractivity (Wildman–Crippen MR) is 99.7 cm³/mol. The van der Waals surface area contributed by atoms with Gasteiger partial charge < -0.3 is 0 Å². The minimum absolute atomic E-state index is 0.468. The highest BCUT2D eigenvalue weighted by Crippen LogP contribution is 2.31. The molecule has 0 fully saturated rings. The Morgan fingerprint density at radius 3 is 2.36 bits per heavy atom. The van der Waals surface area contributed by atoms with Crippen molar-refractivity contribution in [3.05, 3.63) is 77.6 Å². The highest BCUT2D eigenvalue weighted by molar-refractivity contribution is 7.98. The van der Waals surface area contributed by atoms with Crippen LogP contribution in [0.15, 0.2) is 66.0 Å². The Bertz CT molecular complexity index is 1080. The number of hydrogen-bond donors (Lipinski definition) is 0. The van der Waals surface area contributed by atoms with Crippen LogP contribution in [0.2, 0.25) is 0 Å². The van der Waals surface area contributed by atoms with E-state index in [0.717, 1.165) is 23.3 Å². The fourth-order valence-corrected chi connectivity index (χ4v) is 3.57. The molecule has 0 saturated carbocycles. The summed E-state index contributed by atoms with van der Waals surface area (Å²) in [7, 11) is 0. The van der Waals surface area contributed by atoms with Crippen molar-refractivity contribution < 1.29 is 13.2 Å². The average Bonchev–Trinajstić information content (AvgIpc) is 3.10. The maximum Gasteiger partial charge on any atom is 0.416 e. The van der Waals surface area contributed by atoms with Crippen LogP contribution < -0.4 is 0 Å². The molecular formula is C19H14F3N5S. The number of halogens is 3. The first-order valence-electron chi connectivity index (χ1n) is 8.38. The molecule has 0 aliphatic carbocycles. The van der Waals surface area contributed by atoms with Crippen LogP contribution in [0.25, 0.3) is 11.2 Å². The summed E-state index contributed by atoms with van der Waals surface area (Å²) >= 11 is 1.39. The van der Waals surface area contributed by atoms with Gasteiger partial charge in [0.2, 0.25) is 0 Å². The largest absolute Gasteiger partial charge is 0.416 e. The molecule has 4 rings (SSSR count). The van der Waals surface area contributed by atoms with Crippen molar-refractivity contribution in [3.63, 3.8) is 0 Å². The molecule has 0 atom stereocenters. The van der Waals surface area contributed by atoms with Gasteiger partial charge >= 0.3 is 6.18 Å². The van der Waals surface area contributed by atoms with Crippen LogP contribution in [-0.4, -0.2) is 25.0 Å². The summed E-state index contributed by atoms with van der Waals surface area (Å²) < 4.78 is 39.7. The number of rotatable bonds is 5. The first kappa shape index (κ1) is 18.4. The van der Waals surface area contributed by atoms with Gasteiger partial charge in [0.25, 0.3) is 0 Å². The lowest BCUT2D eigenvalue weighted by molar-refractivity contribution is -0.137. The van der Waals surface area contributed by atoms with Crippen LogP contribution >= 0.6 is 11.8 Å². The number of alkyl halides is 3. The lowest BCUT2D eigenvalue weighted by Gasteiger charge is -2.07. The molecule has 2 aromatic heterocycles. The predicted octanol–water partition coefficient (Wildman–Crippen LogP) is 4.58. The number of aromatic nitrogens is 5. The molecule has 0 radical (unpaired) electrons. The molecule has 28 heavy (non-hydrogen) atoms. The van der Waals surface area contributed by atoms with E-state index >= 15 is 0 Å². The van der Waals surface area contributed by atoms with Gasteiger partial charge in [-0.1, -0.05) is 59.4 Å². The monoisotopic (exact) mass is 401 g/mol. The third-order valence-electron chi connectivity index (χ3n) is 4.10. The van der Waals surface area contributed by atoms with Gasteiger partial charge in [-0.05, 0) is 23.3 Å². The summed E-state index contributed by atoms with van der Waals surface area (Å²) in [5.74, 6) is 0.468. The second-order valence-corrected chi connectivity index (χ2v) is 7.03. The lowest BCUT2D eigenvalue weighted by Crippen LogP contribution is -2.04. The molecule has 0 aliphatic heterocycles. The molecule has 5 nitrogen and oxygen atoms in total. The smallest absolute Gasteiger partial charge is 0.227 e. The van der Waals surface area contributed by atoms with E-state index in [1.165, 1.54) is 30.2 Å². The number of benzene rings is 2.